The van der Waals surface area contributed by atoms with Crippen molar-refractivity contribution in [2.24, 2.45) is 0 Å². The van der Waals surface area contributed by atoms with Crippen molar-refractivity contribution in [1.29, 1.82) is 5.26 Å². The molecule has 0 radical (unpaired) electrons. The fraction of sp³-hybridized carbons (Fsp3) is 0.200. The van der Waals surface area contributed by atoms with Gasteiger partial charge in [0.05, 0.1) is 34.9 Å². The maximum Gasteiger partial charge on any atom is 0.160 e. The van der Waals surface area contributed by atoms with Gasteiger partial charge in [-0.05, 0) is 26.0 Å². The summed E-state index contributed by atoms with van der Waals surface area (Å²) in [4.78, 5) is 13.4. The van der Waals surface area contributed by atoms with Crippen LogP contribution in [0.5, 0.6) is 0 Å². The number of para-hydroxylation sites is 2. The molecule has 0 aliphatic heterocycles. The second-order valence-electron chi connectivity index (χ2n) is 4.61. The summed E-state index contributed by atoms with van der Waals surface area (Å²) in [5, 5.41) is 9.00. The summed E-state index contributed by atoms with van der Waals surface area (Å²) in [6, 6.07) is 9.96. The molecule has 0 saturated carbocycles. The van der Waals surface area contributed by atoms with Crippen LogP contribution < -0.4 is 0 Å². The van der Waals surface area contributed by atoms with Crippen molar-refractivity contribution in [3.8, 4) is 11.9 Å². The van der Waals surface area contributed by atoms with Crippen molar-refractivity contribution in [2.45, 2.75) is 20.3 Å². The molecule has 0 saturated heterocycles. The lowest BCUT2D eigenvalue weighted by Gasteiger charge is -2.09. The first kappa shape index (κ1) is 12.3. The lowest BCUT2D eigenvalue weighted by atomic mass is 10.3. The molecule has 0 aliphatic carbocycles. The third-order valence-electron chi connectivity index (χ3n) is 3.13. The Bertz CT molecular complexity index is 826. The third-order valence-corrected chi connectivity index (χ3v) is 3.13. The number of imidazole rings is 1. The van der Waals surface area contributed by atoms with Gasteiger partial charge < -0.3 is 0 Å². The maximum absolute atomic E-state index is 9.00. The Morgan fingerprint density at radius 1 is 1.20 bits per heavy atom. The average Bonchev–Trinajstić information content (AvgIpc) is 2.80. The van der Waals surface area contributed by atoms with Gasteiger partial charge in [0.2, 0.25) is 0 Å². The van der Waals surface area contributed by atoms with Crippen LogP contribution in [0.1, 0.15) is 17.2 Å². The molecular weight excluding hydrogens is 250 g/mol. The van der Waals surface area contributed by atoms with Gasteiger partial charge in [-0.3, -0.25) is 9.55 Å². The highest BCUT2D eigenvalue weighted by Gasteiger charge is 2.15. The Kier molecular flexibility index (Phi) is 2.92. The van der Waals surface area contributed by atoms with Crippen LogP contribution in [-0.4, -0.2) is 19.5 Å². The van der Waals surface area contributed by atoms with Crippen LogP contribution in [0, 0.1) is 25.2 Å². The molecule has 5 nitrogen and oxygen atoms in total. The van der Waals surface area contributed by atoms with E-state index >= 15 is 0 Å². The highest BCUT2D eigenvalue weighted by molar-refractivity contribution is 5.78. The largest absolute Gasteiger partial charge is 0.278 e. The topological polar surface area (TPSA) is 67.4 Å². The van der Waals surface area contributed by atoms with Gasteiger partial charge >= 0.3 is 0 Å². The van der Waals surface area contributed by atoms with E-state index in [-0.39, 0.29) is 6.42 Å². The molecule has 2 heterocycles. The van der Waals surface area contributed by atoms with Crippen LogP contribution >= 0.6 is 0 Å². The summed E-state index contributed by atoms with van der Waals surface area (Å²) in [6.07, 6.45) is 1.98. The Hall–Kier alpha value is -2.74. The SMILES string of the molecule is Cc1cnc(C)c(-n2c(CC#N)nc3ccccc32)n1. The molecule has 0 fully saturated rings. The zero-order valence-corrected chi connectivity index (χ0v) is 11.3. The molecule has 0 aliphatic rings. The van der Waals surface area contributed by atoms with Gasteiger partial charge in [-0.1, -0.05) is 12.1 Å². The average molecular weight is 263 g/mol. The number of hydrogen-bond acceptors (Lipinski definition) is 4. The second kappa shape index (κ2) is 4.74. The Labute approximate surface area is 116 Å². The minimum atomic E-state index is 0.240. The Balaban J connectivity index is 2.36. The van der Waals surface area contributed by atoms with Gasteiger partial charge in [-0.2, -0.15) is 5.26 Å². The predicted molar refractivity (Wildman–Crippen MR) is 75.5 cm³/mol. The number of fused-ring (bicyclic) bond motifs is 1. The molecule has 20 heavy (non-hydrogen) atoms. The molecule has 3 aromatic rings. The smallest absolute Gasteiger partial charge is 0.160 e. The van der Waals surface area contributed by atoms with Crippen LogP contribution in [-0.2, 0) is 6.42 Å². The quantitative estimate of drug-likeness (QED) is 0.712. The van der Waals surface area contributed by atoms with Gasteiger partial charge in [-0.25, -0.2) is 9.97 Å². The first-order valence-corrected chi connectivity index (χ1v) is 6.34. The van der Waals surface area contributed by atoms with E-state index in [2.05, 4.69) is 21.0 Å². The third kappa shape index (κ3) is 1.91. The molecule has 0 bridgehead atoms. The van der Waals surface area contributed by atoms with E-state index in [1.54, 1.807) is 6.20 Å². The number of nitrogens with zero attached hydrogens (tertiary/aromatic N) is 5. The van der Waals surface area contributed by atoms with Crippen LogP contribution in [0.2, 0.25) is 0 Å². The Morgan fingerprint density at radius 3 is 2.80 bits per heavy atom. The first-order chi connectivity index (χ1) is 9.70. The van der Waals surface area contributed by atoms with E-state index in [1.807, 2.05) is 42.7 Å². The van der Waals surface area contributed by atoms with E-state index in [1.165, 1.54) is 0 Å². The monoisotopic (exact) mass is 263 g/mol. The lowest BCUT2D eigenvalue weighted by molar-refractivity contribution is 0.882. The number of rotatable bonds is 2. The molecule has 0 spiro atoms. The highest BCUT2D eigenvalue weighted by Crippen LogP contribution is 2.22. The first-order valence-electron chi connectivity index (χ1n) is 6.34. The molecular formula is C15H13N5. The van der Waals surface area contributed by atoms with Gasteiger partial charge in [0.1, 0.15) is 5.82 Å². The van der Waals surface area contributed by atoms with Crippen LogP contribution in [0.25, 0.3) is 16.9 Å². The van der Waals surface area contributed by atoms with Crippen LogP contribution in [0.4, 0.5) is 0 Å². The predicted octanol–water partition coefficient (Wildman–Crippen LogP) is 2.50. The fourth-order valence-corrected chi connectivity index (χ4v) is 2.24. The number of aryl methyl sites for hydroxylation is 2. The molecule has 0 N–H and O–H groups in total. The summed E-state index contributed by atoms with van der Waals surface area (Å²) in [7, 11) is 0. The van der Waals surface area contributed by atoms with Crippen molar-refractivity contribution < 1.29 is 0 Å². The van der Waals surface area contributed by atoms with Crippen LogP contribution in [0.3, 0.4) is 0 Å². The minimum Gasteiger partial charge on any atom is -0.278 e. The normalized spacial score (nSPS) is 10.7. The molecule has 5 heteroatoms. The van der Waals surface area contributed by atoms with E-state index in [4.69, 9.17) is 5.26 Å². The van der Waals surface area contributed by atoms with Gasteiger partial charge in [-0.15, -0.1) is 0 Å². The molecule has 0 unspecified atom stereocenters. The zero-order chi connectivity index (χ0) is 14.1. The minimum absolute atomic E-state index is 0.240. The van der Waals surface area contributed by atoms with E-state index in [9.17, 15) is 0 Å². The van der Waals surface area contributed by atoms with Crippen molar-refractivity contribution in [3.63, 3.8) is 0 Å². The Morgan fingerprint density at radius 2 is 2.00 bits per heavy atom. The number of nitriles is 1. The van der Waals surface area contributed by atoms with Crippen molar-refractivity contribution in [3.05, 3.63) is 47.7 Å². The molecule has 2 aromatic heterocycles. The maximum atomic E-state index is 9.00. The van der Waals surface area contributed by atoms with Crippen molar-refractivity contribution >= 4 is 11.0 Å². The lowest BCUT2D eigenvalue weighted by Crippen LogP contribution is -2.07. The summed E-state index contributed by atoms with van der Waals surface area (Å²) >= 11 is 0. The van der Waals surface area contributed by atoms with E-state index in [0.717, 1.165) is 28.2 Å². The summed E-state index contributed by atoms with van der Waals surface area (Å²) < 4.78 is 1.92. The molecule has 3 rings (SSSR count). The summed E-state index contributed by atoms with van der Waals surface area (Å²) in [6.45, 7) is 3.81. The molecule has 1 aromatic carbocycles. The summed E-state index contributed by atoms with van der Waals surface area (Å²) in [5.74, 6) is 1.43. The summed E-state index contributed by atoms with van der Waals surface area (Å²) in [5.41, 5.74) is 3.46. The standard InChI is InChI=1S/C15H13N5/c1-10-9-17-11(2)15(18-10)20-13-6-4-3-5-12(13)19-14(20)7-8-16/h3-6,9H,7H2,1-2H3. The van der Waals surface area contributed by atoms with Gasteiger partial charge in [0.25, 0.3) is 0 Å². The van der Waals surface area contributed by atoms with E-state index in [0.29, 0.717) is 5.82 Å². The zero-order valence-electron chi connectivity index (χ0n) is 11.3. The van der Waals surface area contributed by atoms with Crippen molar-refractivity contribution in [2.75, 3.05) is 0 Å². The van der Waals surface area contributed by atoms with Crippen LogP contribution in [0.15, 0.2) is 30.5 Å². The molecule has 0 atom stereocenters. The second-order valence-corrected chi connectivity index (χ2v) is 4.61. The van der Waals surface area contributed by atoms with E-state index < -0.39 is 0 Å². The number of aromatic nitrogens is 4. The van der Waals surface area contributed by atoms with Gasteiger partial charge in [0.15, 0.2) is 5.82 Å². The van der Waals surface area contributed by atoms with Crippen molar-refractivity contribution in [1.82, 2.24) is 19.5 Å². The fourth-order valence-electron chi connectivity index (χ4n) is 2.24. The number of benzene rings is 1. The molecule has 98 valence electrons. The molecule has 0 amide bonds. The van der Waals surface area contributed by atoms with Gasteiger partial charge in [0, 0.05) is 6.20 Å². The number of hydrogen-bond donors (Lipinski definition) is 0. The highest BCUT2D eigenvalue weighted by atomic mass is 15.2.